The number of carbonyl (C=O) groups excluding carboxylic acids is 1. The van der Waals surface area contributed by atoms with Crippen molar-refractivity contribution in [2.24, 2.45) is 0 Å². The van der Waals surface area contributed by atoms with Gasteiger partial charge in [-0.05, 0) is 55.8 Å². The Balaban J connectivity index is 1.59. The van der Waals surface area contributed by atoms with Gasteiger partial charge in [-0.15, -0.1) is 0 Å². The van der Waals surface area contributed by atoms with Gasteiger partial charge in [0.1, 0.15) is 11.6 Å². The number of anilines is 1. The minimum absolute atomic E-state index is 0.0642. The monoisotopic (exact) mass is 336 g/mol. The van der Waals surface area contributed by atoms with Gasteiger partial charge in [0.05, 0.1) is 13.0 Å². The van der Waals surface area contributed by atoms with Gasteiger partial charge in [0.15, 0.2) is 5.82 Å². The molecule has 0 aliphatic heterocycles. The number of hydrogen-bond donors (Lipinski definition) is 2. The molecule has 6 nitrogen and oxygen atoms in total. The van der Waals surface area contributed by atoms with Crippen molar-refractivity contribution in [3.8, 4) is 17.1 Å². The lowest BCUT2D eigenvalue weighted by Gasteiger charge is -2.07. The van der Waals surface area contributed by atoms with E-state index in [1.54, 1.807) is 0 Å². The largest absolute Gasteiger partial charge is 0.494 e. The summed E-state index contributed by atoms with van der Waals surface area (Å²) in [4.78, 5) is 16.5. The Kier molecular flexibility index (Phi) is 5.09. The van der Waals surface area contributed by atoms with Crippen LogP contribution in [0.4, 0.5) is 5.69 Å². The zero-order valence-electron chi connectivity index (χ0n) is 14.2. The first-order valence-electron chi connectivity index (χ1n) is 8.15. The number of aromatic nitrogens is 3. The summed E-state index contributed by atoms with van der Waals surface area (Å²) >= 11 is 0. The van der Waals surface area contributed by atoms with E-state index in [2.05, 4.69) is 20.5 Å². The SMILES string of the molecule is CCOc1ccc(CC(=O)Nc2ccc(-c3n[nH]c(C)n3)cc2)cc1. The van der Waals surface area contributed by atoms with Crippen molar-refractivity contribution in [3.63, 3.8) is 0 Å². The normalized spacial score (nSPS) is 10.5. The van der Waals surface area contributed by atoms with Crippen LogP contribution in [0.25, 0.3) is 11.4 Å². The van der Waals surface area contributed by atoms with E-state index in [-0.39, 0.29) is 5.91 Å². The molecule has 0 aliphatic rings. The van der Waals surface area contributed by atoms with Crippen molar-refractivity contribution in [3.05, 3.63) is 59.9 Å². The molecule has 0 radical (unpaired) electrons. The maximum Gasteiger partial charge on any atom is 0.228 e. The Bertz CT molecular complexity index is 839. The van der Waals surface area contributed by atoms with Crippen LogP contribution < -0.4 is 10.1 Å². The second-order valence-electron chi connectivity index (χ2n) is 5.62. The molecule has 25 heavy (non-hydrogen) atoms. The van der Waals surface area contributed by atoms with E-state index < -0.39 is 0 Å². The molecule has 2 aromatic carbocycles. The number of H-pyrrole nitrogens is 1. The highest BCUT2D eigenvalue weighted by Gasteiger charge is 2.07. The number of benzene rings is 2. The molecule has 2 N–H and O–H groups in total. The Labute approximate surface area is 146 Å². The standard InChI is InChI=1S/C19H20N4O2/c1-3-25-17-10-4-14(5-11-17)12-18(24)21-16-8-6-15(7-9-16)19-20-13(2)22-23-19/h4-11H,3,12H2,1-2H3,(H,21,24)(H,20,22,23). The van der Waals surface area contributed by atoms with Crippen LogP contribution in [0.5, 0.6) is 5.75 Å². The summed E-state index contributed by atoms with van der Waals surface area (Å²) in [6, 6.07) is 15.0. The number of carbonyl (C=O) groups is 1. The van der Waals surface area contributed by atoms with Gasteiger partial charge in [0.2, 0.25) is 5.91 Å². The lowest BCUT2D eigenvalue weighted by Crippen LogP contribution is -2.14. The van der Waals surface area contributed by atoms with Crippen molar-refractivity contribution in [2.75, 3.05) is 11.9 Å². The van der Waals surface area contributed by atoms with Crippen LogP contribution >= 0.6 is 0 Å². The molecule has 0 saturated heterocycles. The molecule has 0 aliphatic carbocycles. The maximum atomic E-state index is 12.2. The molecule has 6 heteroatoms. The third kappa shape index (κ3) is 4.44. The quantitative estimate of drug-likeness (QED) is 0.723. The second kappa shape index (κ2) is 7.61. The van der Waals surface area contributed by atoms with E-state index in [0.717, 1.165) is 28.4 Å². The highest BCUT2D eigenvalue weighted by Crippen LogP contribution is 2.18. The van der Waals surface area contributed by atoms with E-state index >= 15 is 0 Å². The number of rotatable bonds is 6. The molecule has 0 atom stereocenters. The van der Waals surface area contributed by atoms with Crippen molar-refractivity contribution in [2.45, 2.75) is 20.3 Å². The molecular weight excluding hydrogens is 316 g/mol. The van der Waals surface area contributed by atoms with Crippen LogP contribution in [-0.4, -0.2) is 27.7 Å². The number of hydrogen-bond acceptors (Lipinski definition) is 4. The minimum atomic E-state index is -0.0642. The van der Waals surface area contributed by atoms with Crippen LogP contribution in [0.3, 0.4) is 0 Å². The summed E-state index contributed by atoms with van der Waals surface area (Å²) in [5, 5.41) is 9.83. The number of ether oxygens (including phenoxy) is 1. The van der Waals surface area contributed by atoms with Gasteiger partial charge in [0.25, 0.3) is 0 Å². The molecule has 0 fully saturated rings. The average molecular weight is 336 g/mol. The molecule has 3 aromatic rings. The highest BCUT2D eigenvalue weighted by molar-refractivity contribution is 5.92. The van der Waals surface area contributed by atoms with Crippen LogP contribution in [0.15, 0.2) is 48.5 Å². The lowest BCUT2D eigenvalue weighted by molar-refractivity contribution is -0.115. The van der Waals surface area contributed by atoms with Gasteiger partial charge < -0.3 is 10.1 Å². The molecule has 0 saturated carbocycles. The molecule has 3 rings (SSSR count). The first kappa shape index (κ1) is 16.7. The maximum absolute atomic E-state index is 12.2. The van der Waals surface area contributed by atoms with E-state index in [0.29, 0.717) is 18.9 Å². The van der Waals surface area contributed by atoms with E-state index in [9.17, 15) is 4.79 Å². The third-order valence-electron chi connectivity index (χ3n) is 3.62. The number of amides is 1. The van der Waals surface area contributed by atoms with Crippen LogP contribution in [0.1, 0.15) is 18.3 Å². The average Bonchev–Trinajstić information content (AvgIpc) is 3.04. The zero-order valence-corrected chi connectivity index (χ0v) is 14.2. The Morgan fingerprint density at radius 2 is 1.84 bits per heavy atom. The lowest BCUT2D eigenvalue weighted by atomic mass is 10.1. The molecule has 128 valence electrons. The van der Waals surface area contributed by atoms with Crippen molar-refractivity contribution in [1.82, 2.24) is 15.2 Å². The van der Waals surface area contributed by atoms with E-state index in [1.165, 1.54) is 0 Å². The first-order valence-corrected chi connectivity index (χ1v) is 8.15. The fourth-order valence-corrected chi connectivity index (χ4v) is 2.44. The minimum Gasteiger partial charge on any atom is -0.494 e. The molecule has 1 heterocycles. The zero-order chi connectivity index (χ0) is 17.6. The van der Waals surface area contributed by atoms with Gasteiger partial charge in [-0.3, -0.25) is 9.89 Å². The van der Waals surface area contributed by atoms with Gasteiger partial charge in [-0.2, -0.15) is 5.10 Å². The van der Waals surface area contributed by atoms with Crippen LogP contribution in [0, 0.1) is 6.92 Å². The smallest absolute Gasteiger partial charge is 0.228 e. The number of aromatic amines is 1. The molecule has 1 amide bonds. The van der Waals surface area contributed by atoms with Crippen LogP contribution in [0.2, 0.25) is 0 Å². The third-order valence-corrected chi connectivity index (χ3v) is 3.62. The summed E-state index contributed by atoms with van der Waals surface area (Å²) in [5.74, 6) is 2.16. The van der Waals surface area contributed by atoms with Gasteiger partial charge in [-0.1, -0.05) is 12.1 Å². The molecular formula is C19H20N4O2. The Morgan fingerprint density at radius 1 is 1.12 bits per heavy atom. The van der Waals surface area contributed by atoms with E-state index in [4.69, 9.17) is 4.74 Å². The summed E-state index contributed by atoms with van der Waals surface area (Å²) in [6.07, 6.45) is 0.314. The number of aryl methyl sites for hydroxylation is 1. The Hall–Kier alpha value is -3.15. The van der Waals surface area contributed by atoms with Crippen molar-refractivity contribution in [1.29, 1.82) is 0 Å². The summed E-state index contributed by atoms with van der Waals surface area (Å²) in [6.45, 7) is 4.42. The number of nitrogens with one attached hydrogen (secondary N) is 2. The second-order valence-corrected chi connectivity index (χ2v) is 5.62. The van der Waals surface area contributed by atoms with Gasteiger partial charge in [-0.25, -0.2) is 4.98 Å². The van der Waals surface area contributed by atoms with Crippen molar-refractivity contribution < 1.29 is 9.53 Å². The molecule has 1 aromatic heterocycles. The molecule has 0 unspecified atom stereocenters. The topological polar surface area (TPSA) is 79.9 Å². The highest BCUT2D eigenvalue weighted by atomic mass is 16.5. The summed E-state index contributed by atoms with van der Waals surface area (Å²) in [7, 11) is 0. The predicted molar refractivity (Wildman–Crippen MR) is 96.5 cm³/mol. The molecule has 0 spiro atoms. The fourth-order valence-electron chi connectivity index (χ4n) is 2.44. The van der Waals surface area contributed by atoms with Crippen LogP contribution in [-0.2, 0) is 11.2 Å². The Morgan fingerprint density at radius 3 is 2.44 bits per heavy atom. The summed E-state index contributed by atoms with van der Waals surface area (Å²) < 4.78 is 5.40. The first-order chi connectivity index (χ1) is 12.1. The van der Waals surface area contributed by atoms with Crippen molar-refractivity contribution >= 4 is 11.6 Å². The van der Waals surface area contributed by atoms with E-state index in [1.807, 2.05) is 62.4 Å². The van der Waals surface area contributed by atoms with Gasteiger partial charge >= 0.3 is 0 Å². The summed E-state index contributed by atoms with van der Waals surface area (Å²) in [5.41, 5.74) is 2.58. The van der Waals surface area contributed by atoms with Gasteiger partial charge in [0, 0.05) is 11.3 Å². The predicted octanol–water partition coefficient (Wildman–Crippen LogP) is 3.36. The number of nitrogens with zero attached hydrogens (tertiary/aromatic N) is 2. The fraction of sp³-hybridized carbons (Fsp3) is 0.211. The molecule has 0 bridgehead atoms.